The third kappa shape index (κ3) is 8.09. The highest BCUT2D eigenvalue weighted by Crippen LogP contribution is 2.14. The second kappa shape index (κ2) is 11.1. The Balaban J connectivity index is 3.64. The van der Waals surface area contributed by atoms with Crippen molar-refractivity contribution in [2.24, 2.45) is 5.92 Å². The van der Waals surface area contributed by atoms with E-state index < -0.39 is 0 Å². The fraction of sp³-hybridized carbons (Fsp3) is 0.857. The zero-order valence-electron chi connectivity index (χ0n) is 11.9. The number of ether oxygens (including phenoxy) is 2. The molecule has 4 heteroatoms. The molecule has 0 aromatic carbocycles. The molecule has 0 aromatic heterocycles. The van der Waals surface area contributed by atoms with Gasteiger partial charge in [0.05, 0.1) is 19.6 Å². The standard InChI is InChI=1S/C14H26O4/c1-4-6-9-12(5-2)14(16)18-11-8-7-10-13(15)17-3/h12H,4-11H2,1-3H3. The van der Waals surface area contributed by atoms with Crippen LogP contribution in [0.2, 0.25) is 0 Å². The van der Waals surface area contributed by atoms with Crippen LogP contribution in [-0.2, 0) is 19.1 Å². The van der Waals surface area contributed by atoms with Crippen molar-refractivity contribution in [3.63, 3.8) is 0 Å². The number of esters is 2. The normalized spacial score (nSPS) is 11.9. The highest BCUT2D eigenvalue weighted by atomic mass is 16.5. The average Bonchev–Trinajstić information content (AvgIpc) is 2.38. The molecule has 0 fully saturated rings. The molecular formula is C14H26O4. The average molecular weight is 258 g/mol. The second-order valence-electron chi connectivity index (χ2n) is 4.45. The number of rotatable bonds is 10. The lowest BCUT2D eigenvalue weighted by atomic mass is 10.00. The van der Waals surface area contributed by atoms with Gasteiger partial charge in [0.25, 0.3) is 0 Å². The Morgan fingerprint density at radius 2 is 1.83 bits per heavy atom. The van der Waals surface area contributed by atoms with Crippen LogP contribution >= 0.6 is 0 Å². The number of carbonyl (C=O) groups is 2. The molecule has 0 aliphatic heterocycles. The Kier molecular flexibility index (Phi) is 10.4. The van der Waals surface area contributed by atoms with Crippen LogP contribution in [0.5, 0.6) is 0 Å². The first-order valence-electron chi connectivity index (χ1n) is 6.89. The van der Waals surface area contributed by atoms with Gasteiger partial charge < -0.3 is 9.47 Å². The van der Waals surface area contributed by atoms with Crippen LogP contribution in [0, 0.1) is 5.92 Å². The first-order valence-corrected chi connectivity index (χ1v) is 6.89. The second-order valence-corrected chi connectivity index (χ2v) is 4.45. The van der Waals surface area contributed by atoms with Gasteiger partial charge in [0.15, 0.2) is 0 Å². The molecule has 0 bridgehead atoms. The summed E-state index contributed by atoms with van der Waals surface area (Å²) in [7, 11) is 1.38. The Morgan fingerprint density at radius 1 is 1.11 bits per heavy atom. The van der Waals surface area contributed by atoms with Gasteiger partial charge in [-0.25, -0.2) is 0 Å². The summed E-state index contributed by atoms with van der Waals surface area (Å²) in [4.78, 5) is 22.6. The van der Waals surface area contributed by atoms with E-state index >= 15 is 0 Å². The largest absolute Gasteiger partial charge is 0.469 e. The predicted molar refractivity (Wildman–Crippen MR) is 70.1 cm³/mol. The molecule has 0 spiro atoms. The smallest absolute Gasteiger partial charge is 0.308 e. The molecule has 0 aromatic rings. The summed E-state index contributed by atoms with van der Waals surface area (Å²) < 4.78 is 9.75. The first-order chi connectivity index (χ1) is 8.65. The SMILES string of the molecule is CCCCC(CC)C(=O)OCCCCC(=O)OC. The maximum absolute atomic E-state index is 11.7. The van der Waals surface area contributed by atoms with Gasteiger partial charge in [-0.15, -0.1) is 0 Å². The molecule has 0 saturated carbocycles. The number of methoxy groups -OCH3 is 1. The lowest BCUT2D eigenvalue weighted by Crippen LogP contribution is -2.17. The summed E-state index contributed by atoms with van der Waals surface area (Å²) in [6, 6.07) is 0. The molecule has 0 heterocycles. The summed E-state index contributed by atoms with van der Waals surface area (Å²) in [5, 5.41) is 0. The van der Waals surface area contributed by atoms with Crippen molar-refractivity contribution >= 4 is 11.9 Å². The van der Waals surface area contributed by atoms with Crippen molar-refractivity contribution in [3.8, 4) is 0 Å². The third-order valence-corrected chi connectivity index (χ3v) is 2.98. The van der Waals surface area contributed by atoms with Crippen LogP contribution in [-0.4, -0.2) is 25.7 Å². The maximum Gasteiger partial charge on any atom is 0.308 e. The zero-order valence-corrected chi connectivity index (χ0v) is 11.9. The van der Waals surface area contributed by atoms with Crippen LogP contribution < -0.4 is 0 Å². The molecular weight excluding hydrogens is 232 g/mol. The zero-order chi connectivity index (χ0) is 13.8. The number of unbranched alkanes of at least 4 members (excludes halogenated alkanes) is 2. The molecule has 106 valence electrons. The molecule has 0 N–H and O–H groups in total. The van der Waals surface area contributed by atoms with E-state index in [1.165, 1.54) is 7.11 Å². The van der Waals surface area contributed by atoms with Crippen molar-refractivity contribution in [3.05, 3.63) is 0 Å². The van der Waals surface area contributed by atoms with Gasteiger partial charge in [-0.1, -0.05) is 26.7 Å². The van der Waals surface area contributed by atoms with Crippen LogP contribution in [0.15, 0.2) is 0 Å². The number of carbonyl (C=O) groups excluding carboxylic acids is 2. The van der Waals surface area contributed by atoms with Crippen molar-refractivity contribution in [1.82, 2.24) is 0 Å². The molecule has 0 aliphatic rings. The van der Waals surface area contributed by atoms with Crippen molar-refractivity contribution in [2.45, 2.75) is 58.8 Å². The summed E-state index contributed by atoms with van der Waals surface area (Å²) in [6.45, 7) is 4.53. The Morgan fingerprint density at radius 3 is 2.39 bits per heavy atom. The van der Waals surface area contributed by atoms with Crippen molar-refractivity contribution in [1.29, 1.82) is 0 Å². The molecule has 0 saturated heterocycles. The van der Waals surface area contributed by atoms with Crippen LogP contribution in [0.3, 0.4) is 0 Å². The fourth-order valence-electron chi connectivity index (χ4n) is 1.70. The highest BCUT2D eigenvalue weighted by Gasteiger charge is 2.16. The van der Waals surface area contributed by atoms with E-state index in [9.17, 15) is 9.59 Å². The monoisotopic (exact) mass is 258 g/mol. The lowest BCUT2D eigenvalue weighted by molar-refractivity contribution is -0.149. The topological polar surface area (TPSA) is 52.6 Å². The molecule has 0 radical (unpaired) electrons. The summed E-state index contributed by atoms with van der Waals surface area (Å²) in [5.74, 6) is -0.273. The highest BCUT2D eigenvalue weighted by molar-refractivity contribution is 5.72. The van der Waals surface area contributed by atoms with Crippen LogP contribution in [0.1, 0.15) is 58.8 Å². The first kappa shape index (κ1) is 16.9. The summed E-state index contributed by atoms with van der Waals surface area (Å²) >= 11 is 0. The Hall–Kier alpha value is -1.06. The van der Waals surface area contributed by atoms with E-state index in [1.807, 2.05) is 6.92 Å². The molecule has 4 nitrogen and oxygen atoms in total. The van der Waals surface area contributed by atoms with Gasteiger partial charge in [0.2, 0.25) is 0 Å². The molecule has 0 aliphatic carbocycles. The fourth-order valence-corrected chi connectivity index (χ4v) is 1.70. The van der Waals surface area contributed by atoms with Gasteiger partial charge in [-0.2, -0.15) is 0 Å². The summed E-state index contributed by atoms with van der Waals surface area (Å²) in [6.07, 6.45) is 5.71. The molecule has 0 rings (SSSR count). The number of hydrogen-bond donors (Lipinski definition) is 0. The lowest BCUT2D eigenvalue weighted by Gasteiger charge is -2.13. The third-order valence-electron chi connectivity index (χ3n) is 2.98. The van der Waals surface area contributed by atoms with Gasteiger partial charge in [0, 0.05) is 6.42 Å². The van der Waals surface area contributed by atoms with Crippen LogP contribution in [0.4, 0.5) is 0 Å². The van der Waals surface area contributed by atoms with Crippen molar-refractivity contribution < 1.29 is 19.1 Å². The maximum atomic E-state index is 11.7. The van der Waals surface area contributed by atoms with E-state index in [0.717, 1.165) is 25.7 Å². The Bertz CT molecular complexity index is 238. The molecule has 0 amide bonds. The van der Waals surface area contributed by atoms with Gasteiger partial charge in [-0.3, -0.25) is 9.59 Å². The van der Waals surface area contributed by atoms with E-state index in [1.54, 1.807) is 0 Å². The van der Waals surface area contributed by atoms with E-state index in [0.29, 0.717) is 25.9 Å². The minimum absolute atomic E-state index is 0.0329. The summed E-state index contributed by atoms with van der Waals surface area (Å²) in [5.41, 5.74) is 0. The van der Waals surface area contributed by atoms with Gasteiger partial charge >= 0.3 is 11.9 Å². The van der Waals surface area contributed by atoms with E-state index in [2.05, 4.69) is 11.7 Å². The minimum Gasteiger partial charge on any atom is -0.469 e. The molecule has 1 unspecified atom stereocenters. The van der Waals surface area contributed by atoms with Crippen LogP contribution in [0.25, 0.3) is 0 Å². The Labute approximate surface area is 110 Å². The minimum atomic E-state index is -0.212. The van der Waals surface area contributed by atoms with Gasteiger partial charge in [0.1, 0.15) is 0 Å². The molecule has 1 atom stereocenters. The number of hydrogen-bond acceptors (Lipinski definition) is 4. The predicted octanol–water partition coefficient (Wildman–Crippen LogP) is 3.09. The molecule has 18 heavy (non-hydrogen) atoms. The van der Waals surface area contributed by atoms with E-state index in [4.69, 9.17) is 4.74 Å². The van der Waals surface area contributed by atoms with Crippen molar-refractivity contribution in [2.75, 3.05) is 13.7 Å². The quantitative estimate of drug-likeness (QED) is 0.446. The van der Waals surface area contributed by atoms with Gasteiger partial charge in [-0.05, 0) is 25.7 Å². The van der Waals surface area contributed by atoms with E-state index in [-0.39, 0.29) is 17.9 Å².